The first-order valence-corrected chi connectivity index (χ1v) is 12.3. The van der Waals surface area contributed by atoms with Gasteiger partial charge in [-0.05, 0) is 31.7 Å². The van der Waals surface area contributed by atoms with E-state index in [0.29, 0.717) is 26.0 Å². The Morgan fingerprint density at radius 3 is 2.47 bits per heavy atom. The van der Waals surface area contributed by atoms with Gasteiger partial charge in [-0.25, -0.2) is 0 Å². The number of ether oxygens (including phenoxy) is 3. The zero-order chi connectivity index (χ0) is 22.8. The molecule has 5 aliphatic carbocycles. The second-order valence-electron chi connectivity index (χ2n) is 11.7. The van der Waals surface area contributed by atoms with Crippen LogP contribution in [-0.2, 0) is 14.2 Å². The number of fused-ring (bicyclic) bond motifs is 2. The molecule has 1 saturated heterocycles. The average molecular weight is 454 g/mol. The largest absolute Gasteiger partial charge is 0.392 e. The van der Waals surface area contributed by atoms with Crippen LogP contribution in [0.2, 0.25) is 0 Å². The number of likely N-dealkylation sites (N-methyl/N-ethyl adjacent to an activating group) is 1. The molecular weight excluding hydrogens is 414 g/mol. The third kappa shape index (κ3) is 1.99. The topological polar surface area (TPSA) is 112 Å². The Labute approximate surface area is 189 Å². The van der Waals surface area contributed by atoms with E-state index in [9.17, 15) is 20.4 Å². The number of rotatable bonds is 5. The molecule has 0 unspecified atom stereocenters. The molecule has 8 nitrogen and oxygen atoms in total. The molecule has 6 aliphatic rings. The number of piperidine rings is 1. The van der Waals surface area contributed by atoms with Gasteiger partial charge in [0.1, 0.15) is 11.2 Å². The lowest BCUT2D eigenvalue weighted by Gasteiger charge is -2.69. The molecule has 6 rings (SSSR count). The van der Waals surface area contributed by atoms with Crippen molar-refractivity contribution in [3.8, 4) is 0 Å². The number of nitrogens with zero attached hydrogens (tertiary/aromatic N) is 1. The maximum atomic E-state index is 12.8. The third-order valence-electron chi connectivity index (χ3n) is 11.2. The highest BCUT2D eigenvalue weighted by Gasteiger charge is 2.91. The van der Waals surface area contributed by atoms with Gasteiger partial charge in [0.15, 0.2) is 0 Å². The summed E-state index contributed by atoms with van der Waals surface area (Å²) in [6, 6.07) is -0.442. The molecule has 182 valence electrons. The Balaban J connectivity index is 1.67. The van der Waals surface area contributed by atoms with Gasteiger partial charge in [0.2, 0.25) is 0 Å². The van der Waals surface area contributed by atoms with Gasteiger partial charge in [0.05, 0.1) is 37.1 Å². The highest BCUT2D eigenvalue weighted by Crippen LogP contribution is 2.80. The number of hydrogen-bond donors (Lipinski definition) is 4. The quantitative estimate of drug-likeness (QED) is 0.446. The van der Waals surface area contributed by atoms with Gasteiger partial charge in [0.25, 0.3) is 0 Å². The minimum atomic E-state index is -1.63. The van der Waals surface area contributed by atoms with E-state index in [-0.39, 0.29) is 35.7 Å². The van der Waals surface area contributed by atoms with Crippen LogP contribution in [0, 0.1) is 34.5 Å². The van der Waals surface area contributed by atoms with Crippen LogP contribution >= 0.6 is 0 Å². The molecule has 5 saturated carbocycles. The van der Waals surface area contributed by atoms with E-state index < -0.39 is 46.9 Å². The fraction of sp³-hybridized carbons (Fsp3) is 1.00. The minimum Gasteiger partial charge on any atom is -0.392 e. The van der Waals surface area contributed by atoms with Crippen LogP contribution in [-0.4, -0.2) is 108 Å². The second-order valence-corrected chi connectivity index (χ2v) is 11.7. The Kier molecular flexibility index (Phi) is 4.62. The van der Waals surface area contributed by atoms with Crippen LogP contribution in [0.5, 0.6) is 0 Å². The summed E-state index contributed by atoms with van der Waals surface area (Å²) in [4.78, 5) is 2.28. The van der Waals surface area contributed by atoms with Crippen molar-refractivity contribution in [2.75, 3.05) is 41.0 Å². The first kappa shape index (κ1) is 22.2. The molecular formula is C24H39NO7. The van der Waals surface area contributed by atoms with Gasteiger partial charge in [-0.1, -0.05) is 6.92 Å². The lowest BCUT2D eigenvalue weighted by Crippen LogP contribution is -2.81. The zero-order valence-electron chi connectivity index (χ0n) is 19.6. The van der Waals surface area contributed by atoms with Crippen LogP contribution in [0.25, 0.3) is 0 Å². The summed E-state index contributed by atoms with van der Waals surface area (Å²) < 4.78 is 17.7. The summed E-state index contributed by atoms with van der Waals surface area (Å²) >= 11 is 0. The maximum absolute atomic E-state index is 12.8. The molecule has 7 bridgehead atoms. The summed E-state index contributed by atoms with van der Waals surface area (Å²) in [7, 11) is 4.95. The molecule has 1 heterocycles. The Morgan fingerprint density at radius 1 is 1.09 bits per heavy atom. The summed E-state index contributed by atoms with van der Waals surface area (Å²) in [6.07, 6.45) is -0.0296. The van der Waals surface area contributed by atoms with Crippen molar-refractivity contribution in [2.24, 2.45) is 34.5 Å². The monoisotopic (exact) mass is 453 g/mol. The van der Waals surface area contributed by atoms with Gasteiger partial charge >= 0.3 is 0 Å². The fourth-order valence-corrected chi connectivity index (χ4v) is 10.7. The molecule has 4 N–H and O–H groups in total. The molecule has 0 aromatic carbocycles. The molecule has 8 heteroatoms. The van der Waals surface area contributed by atoms with Gasteiger partial charge in [0, 0.05) is 62.9 Å². The number of methoxy groups -OCH3 is 3. The van der Waals surface area contributed by atoms with Crippen molar-refractivity contribution in [1.29, 1.82) is 0 Å². The minimum absolute atomic E-state index is 0.102. The maximum Gasteiger partial charge on any atom is 0.136 e. The van der Waals surface area contributed by atoms with Crippen molar-refractivity contribution in [2.45, 2.75) is 74.3 Å². The van der Waals surface area contributed by atoms with Crippen molar-refractivity contribution in [3.63, 3.8) is 0 Å². The van der Waals surface area contributed by atoms with E-state index in [1.165, 1.54) is 0 Å². The molecule has 0 radical (unpaired) electrons. The van der Waals surface area contributed by atoms with E-state index in [0.717, 1.165) is 13.0 Å². The third-order valence-corrected chi connectivity index (χ3v) is 11.2. The van der Waals surface area contributed by atoms with Crippen LogP contribution in [0.15, 0.2) is 0 Å². The van der Waals surface area contributed by atoms with Crippen LogP contribution in [0.4, 0.5) is 0 Å². The standard InChI is InChI=1S/C24H39NO7/c1-5-25-10-21(11-30-2)7-6-15(26)23-13-8-12-14(31-3)9-22(28,16(13)17(12)27)24(29,20(23)25)19(32-4)18(21)23/h12-20,26-29H,5-11H2,1-4H3/t12-,13+,14-,15-,16+,17-,18+,19-,20-,21-,22+,23-,24-/m0/s1. The average Bonchev–Trinajstić information content (AvgIpc) is 3.14. The number of aliphatic hydroxyl groups is 4. The zero-order valence-corrected chi connectivity index (χ0v) is 19.6. The van der Waals surface area contributed by atoms with E-state index >= 15 is 0 Å². The van der Waals surface area contributed by atoms with Crippen LogP contribution in [0.1, 0.15) is 32.6 Å². The molecule has 1 aliphatic heterocycles. The summed E-state index contributed by atoms with van der Waals surface area (Å²) in [5, 5.41) is 48.5. The van der Waals surface area contributed by atoms with Crippen LogP contribution < -0.4 is 0 Å². The van der Waals surface area contributed by atoms with Crippen LogP contribution in [0.3, 0.4) is 0 Å². The molecule has 0 aromatic rings. The Bertz CT molecular complexity index is 798. The van der Waals surface area contributed by atoms with Gasteiger partial charge < -0.3 is 34.6 Å². The summed E-state index contributed by atoms with van der Waals surface area (Å²) in [5.41, 5.74) is -4.15. The Morgan fingerprint density at radius 2 is 1.84 bits per heavy atom. The summed E-state index contributed by atoms with van der Waals surface area (Å²) in [5.74, 6) is -0.889. The molecule has 6 fully saturated rings. The fourth-order valence-electron chi connectivity index (χ4n) is 10.7. The smallest absolute Gasteiger partial charge is 0.136 e. The summed E-state index contributed by atoms with van der Waals surface area (Å²) in [6.45, 7) is 4.05. The number of hydrogen-bond acceptors (Lipinski definition) is 8. The van der Waals surface area contributed by atoms with Gasteiger partial charge in [-0.3, -0.25) is 4.90 Å². The molecule has 32 heavy (non-hydrogen) atoms. The second kappa shape index (κ2) is 6.66. The van der Waals surface area contributed by atoms with E-state index in [4.69, 9.17) is 14.2 Å². The molecule has 1 spiro atoms. The highest BCUT2D eigenvalue weighted by atomic mass is 16.5. The first-order chi connectivity index (χ1) is 15.2. The van der Waals surface area contributed by atoms with E-state index in [2.05, 4.69) is 11.8 Å². The predicted octanol–water partition coefficient (Wildman–Crippen LogP) is -0.383. The first-order valence-electron chi connectivity index (χ1n) is 12.3. The number of aliphatic hydroxyl groups excluding tert-OH is 2. The Hall–Kier alpha value is -0.320. The van der Waals surface area contributed by atoms with E-state index in [1.54, 1.807) is 21.3 Å². The van der Waals surface area contributed by atoms with Gasteiger partial charge in [-0.15, -0.1) is 0 Å². The van der Waals surface area contributed by atoms with Crippen molar-refractivity contribution in [1.82, 2.24) is 4.90 Å². The van der Waals surface area contributed by atoms with Crippen molar-refractivity contribution >= 4 is 0 Å². The SMILES string of the molecule is CCN1C[C@]2(COC)CC[C@H](O)[C@@]34[C@@H]5C[C@@H]6[C@H](O)[C@@H]5[C@](O)(C[C@@H]6OC)[C@](O)([C@@H](OC)[C@H]23)[C@@H]14. The normalized spacial score (nSPS) is 62.4. The number of likely N-dealkylation sites (tertiary alicyclic amines) is 1. The predicted molar refractivity (Wildman–Crippen MR) is 114 cm³/mol. The molecule has 13 atom stereocenters. The lowest BCUT2D eigenvalue weighted by molar-refractivity contribution is -0.317. The van der Waals surface area contributed by atoms with Gasteiger partial charge in [-0.2, -0.15) is 0 Å². The molecule has 0 aromatic heterocycles. The van der Waals surface area contributed by atoms with Crippen molar-refractivity contribution in [3.05, 3.63) is 0 Å². The highest BCUT2D eigenvalue weighted by molar-refractivity contribution is 5.41. The lowest BCUT2D eigenvalue weighted by atomic mass is 9.42. The van der Waals surface area contributed by atoms with Crippen molar-refractivity contribution < 1.29 is 34.6 Å². The van der Waals surface area contributed by atoms with E-state index in [1.807, 2.05) is 0 Å². The molecule has 0 amide bonds.